The molecule has 0 bridgehead atoms. The van der Waals surface area contributed by atoms with Crippen LogP contribution in [0.15, 0.2) is 23.2 Å². The molecule has 0 unspecified atom stereocenters. The van der Waals surface area contributed by atoms with Gasteiger partial charge >= 0.3 is 0 Å². The number of piperidine rings is 1. The summed E-state index contributed by atoms with van der Waals surface area (Å²) in [6.45, 7) is 7.80. The number of nitrogens with zero attached hydrogens (tertiary/aromatic N) is 2. The van der Waals surface area contributed by atoms with Gasteiger partial charge in [0.15, 0.2) is 17.5 Å². The highest BCUT2D eigenvalue weighted by Gasteiger charge is 2.18. The van der Waals surface area contributed by atoms with Gasteiger partial charge in [-0.15, -0.1) is 0 Å². The summed E-state index contributed by atoms with van der Waals surface area (Å²) < 4.78 is 11.0. The number of hydrogen-bond acceptors (Lipinski definition) is 3. The van der Waals surface area contributed by atoms with E-state index in [1.807, 2.05) is 26.1 Å². The van der Waals surface area contributed by atoms with Gasteiger partial charge in [-0.2, -0.15) is 0 Å². The molecule has 0 radical (unpaired) electrons. The molecule has 2 rings (SSSR count). The van der Waals surface area contributed by atoms with Crippen LogP contribution in [-0.2, 0) is 6.54 Å². The average molecular weight is 319 g/mol. The Bertz CT molecular complexity index is 523. The van der Waals surface area contributed by atoms with Crippen molar-refractivity contribution in [2.75, 3.05) is 33.9 Å². The zero-order valence-electron chi connectivity index (χ0n) is 14.8. The van der Waals surface area contributed by atoms with E-state index < -0.39 is 0 Å². The van der Waals surface area contributed by atoms with E-state index in [0.717, 1.165) is 48.6 Å². The van der Waals surface area contributed by atoms with Gasteiger partial charge in [0.1, 0.15) is 0 Å². The molecular formula is C18H29N3O2. The molecule has 1 aliphatic heterocycles. The summed E-state index contributed by atoms with van der Waals surface area (Å²) in [6.07, 6.45) is 2.47. The summed E-state index contributed by atoms with van der Waals surface area (Å²) in [5.41, 5.74) is 1.15. The first-order valence-corrected chi connectivity index (χ1v) is 8.43. The lowest BCUT2D eigenvalue weighted by atomic mass is 9.99. The van der Waals surface area contributed by atoms with E-state index in [2.05, 4.69) is 28.2 Å². The fraction of sp³-hybridized carbons (Fsp3) is 0.611. The molecule has 23 heavy (non-hydrogen) atoms. The van der Waals surface area contributed by atoms with Crippen molar-refractivity contribution < 1.29 is 9.47 Å². The maximum Gasteiger partial charge on any atom is 0.193 e. The highest BCUT2D eigenvalue weighted by Crippen LogP contribution is 2.28. The van der Waals surface area contributed by atoms with E-state index in [4.69, 9.17) is 9.47 Å². The first-order chi connectivity index (χ1) is 11.2. The molecule has 1 heterocycles. The fourth-order valence-electron chi connectivity index (χ4n) is 2.83. The van der Waals surface area contributed by atoms with Crippen molar-refractivity contribution in [3.05, 3.63) is 23.8 Å². The van der Waals surface area contributed by atoms with E-state index in [1.165, 1.54) is 12.8 Å². The first-order valence-electron chi connectivity index (χ1n) is 8.43. The molecule has 1 aliphatic rings. The summed E-state index contributed by atoms with van der Waals surface area (Å²) in [4.78, 5) is 6.76. The van der Waals surface area contributed by atoms with Crippen molar-refractivity contribution in [1.29, 1.82) is 0 Å². The summed E-state index contributed by atoms with van der Waals surface area (Å²) in [5, 5.41) is 3.46. The number of hydrogen-bond donors (Lipinski definition) is 1. The molecule has 1 saturated heterocycles. The van der Waals surface area contributed by atoms with Crippen LogP contribution in [0, 0.1) is 5.92 Å². The second kappa shape index (κ2) is 8.65. The number of rotatable bonds is 5. The highest BCUT2D eigenvalue weighted by atomic mass is 16.5. The van der Waals surface area contributed by atoms with Crippen molar-refractivity contribution in [3.63, 3.8) is 0 Å². The van der Waals surface area contributed by atoms with Gasteiger partial charge in [-0.3, -0.25) is 4.99 Å². The van der Waals surface area contributed by atoms with Crippen LogP contribution < -0.4 is 14.8 Å². The summed E-state index contributed by atoms with van der Waals surface area (Å²) >= 11 is 0. The van der Waals surface area contributed by atoms with Gasteiger partial charge in [-0.1, -0.05) is 13.0 Å². The van der Waals surface area contributed by atoms with Crippen LogP contribution in [0.5, 0.6) is 11.5 Å². The van der Waals surface area contributed by atoms with Crippen molar-refractivity contribution >= 4 is 5.96 Å². The SMILES string of the molecule is CCOc1cc(CNC(=NC)N2CCC(C)CC2)ccc1OC. The van der Waals surface area contributed by atoms with Gasteiger partial charge in [-0.05, 0) is 43.4 Å². The molecule has 1 aromatic rings. The van der Waals surface area contributed by atoms with E-state index in [1.54, 1.807) is 7.11 Å². The Morgan fingerprint density at radius 3 is 2.65 bits per heavy atom. The third kappa shape index (κ3) is 4.78. The zero-order chi connectivity index (χ0) is 16.7. The normalized spacial score (nSPS) is 16.3. The van der Waals surface area contributed by atoms with Crippen LogP contribution in [0.4, 0.5) is 0 Å². The Hall–Kier alpha value is -1.91. The van der Waals surface area contributed by atoms with Crippen LogP contribution in [0.3, 0.4) is 0 Å². The van der Waals surface area contributed by atoms with Crippen molar-refractivity contribution in [2.45, 2.75) is 33.2 Å². The summed E-state index contributed by atoms with van der Waals surface area (Å²) in [6, 6.07) is 6.04. The lowest BCUT2D eigenvalue weighted by molar-refractivity contribution is 0.273. The number of methoxy groups -OCH3 is 1. The Morgan fingerprint density at radius 1 is 1.30 bits per heavy atom. The van der Waals surface area contributed by atoms with Gasteiger partial charge in [0.25, 0.3) is 0 Å². The number of benzene rings is 1. The molecule has 1 aromatic carbocycles. The topological polar surface area (TPSA) is 46.1 Å². The maximum absolute atomic E-state index is 5.64. The molecule has 0 saturated carbocycles. The van der Waals surface area contributed by atoms with Gasteiger partial charge in [0, 0.05) is 26.7 Å². The number of likely N-dealkylation sites (tertiary alicyclic amines) is 1. The minimum absolute atomic E-state index is 0.626. The number of nitrogens with one attached hydrogen (secondary N) is 1. The number of guanidine groups is 1. The van der Waals surface area contributed by atoms with E-state index in [0.29, 0.717) is 6.61 Å². The van der Waals surface area contributed by atoms with Gasteiger partial charge < -0.3 is 19.7 Å². The molecule has 0 aliphatic carbocycles. The van der Waals surface area contributed by atoms with Crippen LogP contribution in [0.25, 0.3) is 0 Å². The Morgan fingerprint density at radius 2 is 2.04 bits per heavy atom. The molecular weight excluding hydrogens is 290 g/mol. The first kappa shape index (κ1) is 17.4. The molecule has 1 fully saturated rings. The standard InChI is InChI=1S/C18H29N3O2/c1-5-23-17-12-15(6-7-16(17)22-4)13-20-18(19-3)21-10-8-14(2)9-11-21/h6-7,12,14H,5,8-11,13H2,1-4H3,(H,19,20). The molecule has 5 nitrogen and oxygen atoms in total. The molecule has 1 N–H and O–H groups in total. The number of ether oxygens (including phenoxy) is 2. The predicted molar refractivity (Wildman–Crippen MR) is 94.3 cm³/mol. The van der Waals surface area contributed by atoms with Crippen molar-refractivity contribution in [1.82, 2.24) is 10.2 Å². The van der Waals surface area contributed by atoms with Gasteiger partial charge in [0.05, 0.1) is 13.7 Å². The lowest BCUT2D eigenvalue weighted by Gasteiger charge is -2.33. The quantitative estimate of drug-likeness (QED) is 0.669. The van der Waals surface area contributed by atoms with Crippen molar-refractivity contribution in [3.8, 4) is 11.5 Å². The third-order valence-electron chi connectivity index (χ3n) is 4.27. The maximum atomic E-state index is 5.64. The molecule has 0 spiro atoms. The third-order valence-corrected chi connectivity index (χ3v) is 4.27. The summed E-state index contributed by atoms with van der Waals surface area (Å²) in [5.74, 6) is 3.35. The average Bonchev–Trinajstić information content (AvgIpc) is 2.57. The van der Waals surface area contributed by atoms with Gasteiger partial charge in [-0.25, -0.2) is 0 Å². The Kier molecular flexibility index (Phi) is 6.56. The van der Waals surface area contributed by atoms with Crippen LogP contribution in [-0.4, -0.2) is 44.7 Å². The molecule has 0 aromatic heterocycles. The minimum atomic E-state index is 0.626. The largest absolute Gasteiger partial charge is 0.493 e. The van der Waals surface area contributed by atoms with E-state index in [-0.39, 0.29) is 0 Å². The fourth-order valence-corrected chi connectivity index (χ4v) is 2.83. The Balaban J connectivity index is 1.97. The van der Waals surface area contributed by atoms with E-state index >= 15 is 0 Å². The second-order valence-corrected chi connectivity index (χ2v) is 5.99. The molecule has 0 amide bonds. The van der Waals surface area contributed by atoms with Crippen LogP contribution in [0.1, 0.15) is 32.3 Å². The monoisotopic (exact) mass is 319 g/mol. The number of aliphatic imine (C=N–C) groups is 1. The molecule has 0 atom stereocenters. The minimum Gasteiger partial charge on any atom is -0.493 e. The smallest absolute Gasteiger partial charge is 0.193 e. The highest BCUT2D eigenvalue weighted by molar-refractivity contribution is 5.80. The van der Waals surface area contributed by atoms with Crippen LogP contribution >= 0.6 is 0 Å². The van der Waals surface area contributed by atoms with E-state index in [9.17, 15) is 0 Å². The molecule has 5 heteroatoms. The summed E-state index contributed by atoms with van der Waals surface area (Å²) in [7, 11) is 3.51. The van der Waals surface area contributed by atoms with Crippen LogP contribution in [0.2, 0.25) is 0 Å². The lowest BCUT2D eigenvalue weighted by Crippen LogP contribution is -2.45. The van der Waals surface area contributed by atoms with Crippen molar-refractivity contribution in [2.24, 2.45) is 10.9 Å². The van der Waals surface area contributed by atoms with Gasteiger partial charge in [0.2, 0.25) is 0 Å². The zero-order valence-corrected chi connectivity index (χ0v) is 14.8. The second-order valence-electron chi connectivity index (χ2n) is 5.99. The predicted octanol–water partition coefficient (Wildman–Crippen LogP) is 2.90. The molecule has 128 valence electrons. The Labute approximate surface area is 139 Å².